The molecule has 1 atom stereocenters. The number of ether oxygens (including phenoxy) is 1. The summed E-state index contributed by atoms with van der Waals surface area (Å²) in [6, 6.07) is 5.11. The smallest absolute Gasteiger partial charge is 0.165 e. The molecule has 0 spiro atoms. The summed E-state index contributed by atoms with van der Waals surface area (Å²) in [5, 5.41) is 0.852. The Balaban J connectivity index is 1.99. The molecular formula is C13H14Cl2O2. The van der Waals surface area contributed by atoms with Gasteiger partial charge in [0.1, 0.15) is 0 Å². The fourth-order valence-electron chi connectivity index (χ4n) is 2.05. The van der Waals surface area contributed by atoms with Crippen molar-refractivity contribution >= 4 is 29.0 Å². The third-order valence-electron chi connectivity index (χ3n) is 2.96. The van der Waals surface area contributed by atoms with Crippen molar-refractivity contribution in [1.29, 1.82) is 0 Å². The third kappa shape index (κ3) is 3.21. The van der Waals surface area contributed by atoms with Crippen molar-refractivity contribution in [3.05, 3.63) is 33.8 Å². The van der Waals surface area contributed by atoms with Gasteiger partial charge >= 0.3 is 0 Å². The van der Waals surface area contributed by atoms with Crippen molar-refractivity contribution in [2.24, 2.45) is 0 Å². The highest BCUT2D eigenvalue weighted by Crippen LogP contribution is 2.27. The molecule has 0 saturated carbocycles. The minimum atomic E-state index is -0.00361. The molecule has 2 rings (SSSR count). The molecule has 1 aliphatic heterocycles. The van der Waals surface area contributed by atoms with Crippen LogP contribution in [-0.4, -0.2) is 18.5 Å². The summed E-state index contributed by atoms with van der Waals surface area (Å²) in [4.78, 5) is 12.0. The quantitative estimate of drug-likeness (QED) is 0.771. The summed E-state index contributed by atoms with van der Waals surface area (Å²) in [6.07, 6.45) is 3.55. The van der Waals surface area contributed by atoms with Crippen LogP contribution in [0.1, 0.15) is 36.0 Å². The van der Waals surface area contributed by atoms with Gasteiger partial charge in [0.2, 0.25) is 0 Å². The van der Waals surface area contributed by atoms with E-state index in [2.05, 4.69) is 0 Å². The lowest BCUT2D eigenvalue weighted by Gasteiger charge is -2.09. The molecule has 0 amide bonds. The Morgan fingerprint density at radius 3 is 2.65 bits per heavy atom. The van der Waals surface area contributed by atoms with Gasteiger partial charge in [-0.15, -0.1) is 0 Å². The number of carbonyl (C=O) groups is 1. The van der Waals surface area contributed by atoms with E-state index in [4.69, 9.17) is 27.9 Å². The van der Waals surface area contributed by atoms with Gasteiger partial charge in [0.05, 0.1) is 21.7 Å². The molecule has 1 aromatic rings. The second kappa shape index (κ2) is 5.85. The van der Waals surface area contributed by atoms with E-state index < -0.39 is 0 Å². The van der Waals surface area contributed by atoms with Crippen LogP contribution in [0.5, 0.6) is 0 Å². The van der Waals surface area contributed by atoms with Crippen LogP contribution in [0.4, 0.5) is 0 Å². The second-order valence-electron chi connectivity index (χ2n) is 4.19. The van der Waals surface area contributed by atoms with Gasteiger partial charge in [0.15, 0.2) is 5.78 Å². The lowest BCUT2D eigenvalue weighted by atomic mass is 10.0. The molecule has 0 radical (unpaired) electrons. The number of halogens is 2. The zero-order chi connectivity index (χ0) is 12.3. The third-order valence-corrected chi connectivity index (χ3v) is 3.59. The van der Waals surface area contributed by atoms with Crippen molar-refractivity contribution < 1.29 is 9.53 Å². The maximum atomic E-state index is 12.0. The Morgan fingerprint density at radius 1 is 1.35 bits per heavy atom. The van der Waals surface area contributed by atoms with Gasteiger partial charge in [-0.25, -0.2) is 0 Å². The first-order valence-corrected chi connectivity index (χ1v) is 6.53. The summed E-state index contributed by atoms with van der Waals surface area (Å²) >= 11 is 12.0. The largest absolute Gasteiger partial charge is 0.378 e. The Hall–Kier alpha value is -0.570. The van der Waals surface area contributed by atoms with Gasteiger partial charge in [-0.1, -0.05) is 29.3 Å². The number of hydrogen-bond acceptors (Lipinski definition) is 2. The molecule has 1 unspecified atom stereocenters. The molecule has 0 bridgehead atoms. The molecule has 1 aliphatic rings. The Bertz CT molecular complexity index is 392. The van der Waals surface area contributed by atoms with Crippen molar-refractivity contribution in [2.75, 3.05) is 6.61 Å². The highest BCUT2D eigenvalue weighted by molar-refractivity contribution is 6.39. The van der Waals surface area contributed by atoms with E-state index in [1.165, 1.54) is 0 Å². The lowest BCUT2D eigenvalue weighted by Crippen LogP contribution is -2.09. The summed E-state index contributed by atoms with van der Waals surface area (Å²) in [6.45, 7) is 0.811. The standard InChI is InChI=1S/C13H14Cl2O2/c14-10-4-1-5-11(15)13(10)12(16)7-6-9-3-2-8-17-9/h1,4-5,9H,2-3,6-8H2. The van der Waals surface area contributed by atoms with Gasteiger partial charge in [-0.2, -0.15) is 0 Å². The van der Waals surface area contributed by atoms with E-state index in [1.54, 1.807) is 18.2 Å². The van der Waals surface area contributed by atoms with E-state index in [0.29, 0.717) is 22.0 Å². The number of benzene rings is 1. The fraction of sp³-hybridized carbons (Fsp3) is 0.462. The van der Waals surface area contributed by atoms with Gasteiger partial charge in [-0.05, 0) is 31.4 Å². The maximum absolute atomic E-state index is 12.0. The van der Waals surface area contributed by atoms with Crippen LogP contribution in [0, 0.1) is 0 Å². The summed E-state index contributed by atoms with van der Waals surface area (Å²) < 4.78 is 5.48. The minimum Gasteiger partial charge on any atom is -0.378 e. The second-order valence-corrected chi connectivity index (χ2v) is 5.01. The van der Waals surface area contributed by atoms with E-state index in [0.717, 1.165) is 25.9 Å². The molecule has 92 valence electrons. The van der Waals surface area contributed by atoms with Gasteiger partial charge in [-0.3, -0.25) is 4.79 Å². The summed E-state index contributed by atoms with van der Waals surface area (Å²) in [5.41, 5.74) is 0.439. The predicted octanol–water partition coefficient (Wildman–Crippen LogP) is 4.14. The number of rotatable bonds is 4. The van der Waals surface area contributed by atoms with Crippen LogP contribution in [0.15, 0.2) is 18.2 Å². The van der Waals surface area contributed by atoms with Crippen LogP contribution >= 0.6 is 23.2 Å². The van der Waals surface area contributed by atoms with E-state index in [1.807, 2.05) is 0 Å². The molecule has 0 N–H and O–H groups in total. The van der Waals surface area contributed by atoms with Crippen LogP contribution in [0.3, 0.4) is 0 Å². The zero-order valence-corrected chi connectivity index (χ0v) is 10.9. The first-order valence-electron chi connectivity index (χ1n) is 5.77. The monoisotopic (exact) mass is 272 g/mol. The molecule has 1 aromatic carbocycles. The first kappa shape index (κ1) is 12.9. The highest BCUT2D eigenvalue weighted by atomic mass is 35.5. The summed E-state index contributed by atoms with van der Waals surface area (Å²) in [7, 11) is 0. The SMILES string of the molecule is O=C(CCC1CCCO1)c1c(Cl)cccc1Cl. The molecule has 1 saturated heterocycles. The molecule has 2 nitrogen and oxygen atoms in total. The lowest BCUT2D eigenvalue weighted by molar-refractivity contribution is 0.0859. The number of carbonyl (C=O) groups excluding carboxylic acids is 1. The zero-order valence-electron chi connectivity index (χ0n) is 9.42. The maximum Gasteiger partial charge on any atom is 0.165 e. The molecule has 0 aromatic heterocycles. The van der Waals surface area contributed by atoms with Crippen LogP contribution in [-0.2, 0) is 4.74 Å². The number of ketones is 1. The Labute approximate surface area is 111 Å². The number of Topliss-reactive ketones (excluding diaryl/α,β-unsaturated/α-hetero) is 1. The molecule has 1 fully saturated rings. The average molecular weight is 273 g/mol. The van der Waals surface area contributed by atoms with Crippen molar-refractivity contribution in [1.82, 2.24) is 0 Å². The van der Waals surface area contributed by atoms with Crippen LogP contribution in [0.25, 0.3) is 0 Å². The van der Waals surface area contributed by atoms with Crippen LogP contribution in [0.2, 0.25) is 10.0 Å². The molecular weight excluding hydrogens is 259 g/mol. The highest BCUT2D eigenvalue weighted by Gasteiger charge is 2.19. The van der Waals surface area contributed by atoms with Gasteiger partial charge in [0.25, 0.3) is 0 Å². The van der Waals surface area contributed by atoms with Crippen molar-refractivity contribution in [3.63, 3.8) is 0 Å². The average Bonchev–Trinajstić information content (AvgIpc) is 2.79. The first-order chi connectivity index (χ1) is 8.18. The van der Waals surface area contributed by atoms with E-state index >= 15 is 0 Å². The Morgan fingerprint density at radius 2 is 2.06 bits per heavy atom. The van der Waals surface area contributed by atoms with Crippen molar-refractivity contribution in [3.8, 4) is 0 Å². The molecule has 0 aliphatic carbocycles. The number of hydrogen-bond donors (Lipinski definition) is 0. The molecule has 17 heavy (non-hydrogen) atoms. The van der Waals surface area contributed by atoms with E-state index in [-0.39, 0.29) is 11.9 Å². The van der Waals surface area contributed by atoms with Crippen molar-refractivity contribution in [2.45, 2.75) is 31.8 Å². The molecule has 4 heteroatoms. The van der Waals surface area contributed by atoms with Gasteiger partial charge in [0, 0.05) is 13.0 Å². The van der Waals surface area contributed by atoms with Crippen LogP contribution < -0.4 is 0 Å². The topological polar surface area (TPSA) is 26.3 Å². The Kier molecular flexibility index (Phi) is 4.43. The predicted molar refractivity (Wildman–Crippen MR) is 69.0 cm³/mol. The molecule has 1 heterocycles. The van der Waals surface area contributed by atoms with Gasteiger partial charge < -0.3 is 4.74 Å². The normalized spacial score (nSPS) is 19.5. The van der Waals surface area contributed by atoms with E-state index in [9.17, 15) is 4.79 Å². The fourth-order valence-corrected chi connectivity index (χ4v) is 2.66. The minimum absolute atomic E-state index is 0.00361. The summed E-state index contributed by atoms with van der Waals surface area (Å²) in [5.74, 6) is -0.00361.